The van der Waals surface area contributed by atoms with Crippen LogP contribution in [0.1, 0.15) is 11.1 Å². The molecule has 0 aliphatic carbocycles. The molecular weight excluding hydrogens is 669 g/mol. The SMILES string of the molecule is Cc1ccc(-c2[c-]ccc3c2-c2ccccc2-c2ccccc2O3)nc1.Cc1cccnc1-c1[c-]cccc1.[Ir]. The molecular formula is C36H26IrN2O-2. The average molecular weight is 695 g/mol. The van der Waals surface area contributed by atoms with E-state index in [1.54, 1.807) is 0 Å². The van der Waals surface area contributed by atoms with Gasteiger partial charge in [0.05, 0.1) is 5.75 Å². The van der Waals surface area contributed by atoms with E-state index in [4.69, 9.17) is 4.74 Å². The van der Waals surface area contributed by atoms with Crippen LogP contribution in [0, 0.1) is 26.0 Å². The van der Waals surface area contributed by atoms with Crippen LogP contribution < -0.4 is 4.74 Å². The molecule has 4 aromatic carbocycles. The maximum Gasteiger partial charge on any atom is 0.132 e. The summed E-state index contributed by atoms with van der Waals surface area (Å²) < 4.78 is 6.32. The summed E-state index contributed by atoms with van der Waals surface area (Å²) in [6.45, 7) is 4.10. The molecule has 0 atom stereocenters. The van der Waals surface area contributed by atoms with Crippen LogP contribution in [0.4, 0.5) is 0 Å². The first-order valence-electron chi connectivity index (χ1n) is 12.9. The van der Waals surface area contributed by atoms with Crippen LogP contribution in [0.2, 0.25) is 0 Å². The number of hydrogen-bond acceptors (Lipinski definition) is 3. The maximum atomic E-state index is 6.32. The number of nitrogens with zero attached hydrogens (tertiary/aromatic N) is 2. The normalized spacial score (nSPS) is 10.8. The molecule has 1 radical (unpaired) electrons. The molecule has 0 fully saturated rings. The van der Waals surface area contributed by atoms with Crippen molar-refractivity contribution >= 4 is 0 Å². The van der Waals surface area contributed by atoms with Gasteiger partial charge in [0.15, 0.2) is 0 Å². The van der Waals surface area contributed by atoms with Crippen LogP contribution in [0.15, 0.2) is 122 Å². The zero-order chi connectivity index (χ0) is 26.6. The number of hydrogen-bond donors (Lipinski definition) is 0. The summed E-state index contributed by atoms with van der Waals surface area (Å²) in [5.41, 5.74) is 10.7. The number of benzene rings is 4. The van der Waals surface area contributed by atoms with Crippen molar-refractivity contribution in [2.75, 3.05) is 0 Å². The third-order valence-electron chi connectivity index (χ3n) is 6.69. The van der Waals surface area contributed by atoms with Gasteiger partial charge in [-0.2, -0.15) is 0 Å². The van der Waals surface area contributed by atoms with Gasteiger partial charge in [0.1, 0.15) is 5.75 Å². The molecule has 0 saturated heterocycles. The van der Waals surface area contributed by atoms with Crippen LogP contribution in [-0.2, 0) is 20.1 Å². The van der Waals surface area contributed by atoms with E-state index < -0.39 is 0 Å². The number of aromatic nitrogens is 2. The van der Waals surface area contributed by atoms with Gasteiger partial charge < -0.3 is 14.7 Å². The second kappa shape index (κ2) is 12.2. The number of aryl methyl sites for hydroxylation is 2. The summed E-state index contributed by atoms with van der Waals surface area (Å²) in [4.78, 5) is 8.94. The summed E-state index contributed by atoms with van der Waals surface area (Å²) >= 11 is 0. The van der Waals surface area contributed by atoms with E-state index >= 15 is 0 Å². The van der Waals surface area contributed by atoms with E-state index in [9.17, 15) is 0 Å². The van der Waals surface area contributed by atoms with E-state index in [-0.39, 0.29) is 20.1 Å². The topological polar surface area (TPSA) is 35.0 Å². The van der Waals surface area contributed by atoms with Crippen LogP contribution in [0.25, 0.3) is 44.8 Å². The van der Waals surface area contributed by atoms with E-state index in [2.05, 4.69) is 71.5 Å². The van der Waals surface area contributed by atoms with E-state index in [0.717, 1.165) is 61.8 Å². The average Bonchev–Trinajstić information content (AvgIpc) is 3.13. The summed E-state index contributed by atoms with van der Waals surface area (Å²) in [7, 11) is 0. The van der Waals surface area contributed by atoms with E-state index in [1.807, 2.05) is 86.0 Å². The Bertz CT molecular complexity index is 1750. The number of pyridine rings is 2. The van der Waals surface area contributed by atoms with Crippen LogP contribution in [0.5, 0.6) is 11.5 Å². The minimum Gasteiger partial charge on any atom is -0.476 e. The zero-order valence-electron chi connectivity index (χ0n) is 22.2. The summed E-state index contributed by atoms with van der Waals surface area (Å²) in [6.07, 6.45) is 3.70. The van der Waals surface area contributed by atoms with Gasteiger partial charge in [-0.1, -0.05) is 77.9 Å². The molecule has 3 heterocycles. The van der Waals surface area contributed by atoms with Crippen LogP contribution in [0.3, 0.4) is 0 Å². The first-order chi connectivity index (χ1) is 19.2. The molecule has 6 aromatic rings. The van der Waals surface area contributed by atoms with Crippen molar-refractivity contribution in [3.8, 4) is 56.3 Å². The summed E-state index contributed by atoms with van der Waals surface area (Å²) in [5.74, 6) is 1.70. The Labute approximate surface area is 248 Å². The fourth-order valence-electron chi connectivity index (χ4n) is 4.79. The second-order valence-electron chi connectivity index (χ2n) is 9.40. The molecule has 4 heteroatoms. The molecule has 0 unspecified atom stereocenters. The number of para-hydroxylation sites is 1. The molecule has 2 aromatic heterocycles. The van der Waals surface area contributed by atoms with Crippen molar-refractivity contribution in [3.05, 3.63) is 145 Å². The predicted octanol–water partition coefficient (Wildman–Crippen LogP) is 9.15. The molecule has 3 nitrogen and oxygen atoms in total. The minimum absolute atomic E-state index is 0. The van der Waals surface area contributed by atoms with E-state index in [1.165, 1.54) is 5.56 Å². The number of rotatable bonds is 2. The van der Waals surface area contributed by atoms with Crippen molar-refractivity contribution in [2.24, 2.45) is 0 Å². The Morgan fingerprint density at radius 3 is 2.15 bits per heavy atom. The molecule has 7 rings (SSSR count). The second-order valence-corrected chi connectivity index (χ2v) is 9.40. The van der Waals surface area contributed by atoms with E-state index in [0.29, 0.717) is 0 Å². The van der Waals surface area contributed by atoms with Gasteiger partial charge in [-0.15, -0.1) is 53.6 Å². The Hall–Kier alpha value is -4.37. The van der Waals surface area contributed by atoms with Crippen molar-refractivity contribution in [1.82, 2.24) is 9.97 Å². The Morgan fingerprint density at radius 1 is 0.625 bits per heavy atom. The third kappa shape index (κ3) is 5.51. The molecule has 1 aliphatic rings. The van der Waals surface area contributed by atoms with Crippen LogP contribution in [-0.4, -0.2) is 9.97 Å². The maximum absolute atomic E-state index is 6.32. The molecule has 0 spiro atoms. The Morgan fingerprint density at radius 2 is 1.40 bits per heavy atom. The molecule has 0 bridgehead atoms. The smallest absolute Gasteiger partial charge is 0.132 e. The first-order valence-corrected chi connectivity index (χ1v) is 12.9. The quantitative estimate of drug-likeness (QED) is 0.169. The Balaban J connectivity index is 0.000000195. The molecule has 40 heavy (non-hydrogen) atoms. The third-order valence-corrected chi connectivity index (χ3v) is 6.69. The standard InChI is InChI=1S/C24H16NO.C12H10N.Ir/c1-16-13-14-21(25-15-16)20-10-6-12-23-24(20)19-9-3-2-7-17(19)18-8-4-5-11-22(18)26-23;1-10-6-5-9-13-12(10)11-7-3-2-4-8-11;/h2-9,11-15H,1H3;2-7,9H,1H3;/q2*-1;. The van der Waals surface area contributed by atoms with Gasteiger partial charge in [-0.05, 0) is 54.1 Å². The molecule has 1 aliphatic heterocycles. The van der Waals surface area contributed by atoms with Crippen molar-refractivity contribution in [1.29, 1.82) is 0 Å². The molecule has 0 amide bonds. The largest absolute Gasteiger partial charge is 0.476 e. The van der Waals surface area contributed by atoms with Crippen LogP contribution >= 0.6 is 0 Å². The number of ether oxygens (including phenoxy) is 1. The monoisotopic (exact) mass is 695 g/mol. The first kappa shape index (κ1) is 27.2. The molecule has 0 saturated carbocycles. The van der Waals surface area contributed by atoms with Crippen molar-refractivity contribution in [3.63, 3.8) is 0 Å². The zero-order valence-corrected chi connectivity index (χ0v) is 24.6. The molecule has 197 valence electrons. The fourth-order valence-corrected chi connectivity index (χ4v) is 4.79. The van der Waals surface area contributed by atoms with Gasteiger partial charge in [-0.25, -0.2) is 0 Å². The minimum atomic E-state index is 0. The predicted molar refractivity (Wildman–Crippen MR) is 157 cm³/mol. The van der Waals surface area contributed by atoms with Gasteiger partial charge in [0, 0.05) is 38.1 Å². The van der Waals surface area contributed by atoms with Gasteiger partial charge in [-0.3, -0.25) is 0 Å². The van der Waals surface area contributed by atoms with Gasteiger partial charge in [0.25, 0.3) is 0 Å². The van der Waals surface area contributed by atoms with Gasteiger partial charge in [0.2, 0.25) is 0 Å². The summed E-state index contributed by atoms with van der Waals surface area (Å²) in [5, 5.41) is 0. The Kier molecular flexibility index (Phi) is 8.31. The molecule has 0 N–H and O–H groups in total. The van der Waals surface area contributed by atoms with Gasteiger partial charge >= 0.3 is 0 Å². The number of fused-ring (bicyclic) bond motifs is 5. The summed E-state index contributed by atoms with van der Waals surface area (Å²) in [6, 6.07) is 43.0. The fraction of sp³-hybridized carbons (Fsp3) is 0.0556. The van der Waals surface area contributed by atoms with Crippen molar-refractivity contribution in [2.45, 2.75) is 13.8 Å². The van der Waals surface area contributed by atoms with Crippen molar-refractivity contribution < 1.29 is 24.8 Å².